The molecule has 2 heterocycles. The molecule has 0 saturated carbocycles. The van der Waals surface area contributed by atoms with Crippen LogP contribution in [0.1, 0.15) is 31.1 Å². The molecule has 0 bridgehead atoms. The molecule has 1 fully saturated rings. The number of azide groups is 1. The first kappa shape index (κ1) is 19.7. The molecule has 1 aromatic heterocycles. The summed E-state index contributed by atoms with van der Waals surface area (Å²) in [5, 5.41) is 21.8. The van der Waals surface area contributed by atoms with Gasteiger partial charge in [-0.15, -0.1) is 0 Å². The third-order valence-corrected chi connectivity index (χ3v) is 3.92. The second kappa shape index (κ2) is 8.63. The fourth-order valence-corrected chi connectivity index (χ4v) is 2.56. The smallest absolute Gasteiger partial charge is 0.330 e. The summed E-state index contributed by atoms with van der Waals surface area (Å²) in [6.07, 6.45) is -1.66. The SMILES string of the molecule is Cc1cn(C2CC(N=[N+]=[N-])C(COC(O)CCC(=O)O)O2)c(=O)[nH]c1=O. The maximum atomic E-state index is 12.0. The minimum Gasteiger partial charge on any atom is -0.481 e. The first-order valence-electron chi connectivity index (χ1n) is 7.85. The van der Waals surface area contributed by atoms with Crippen molar-refractivity contribution in [1.82, 2.24) is 9.55 Å². The zero-order valence-electron chi connectivity index (χ0n) is 13.9. The zero-order valence-corrected chi connectivity index (χ0v) is 13.9. The van der Waals surface area contributed by atoms with Crippen LogP contribution in [0, 0.1) is 6.92 Å². The number of hydrogen-bond acceptors (Lipinski definition) is 7. The second-order valence-electron chi connectivity index (χ2n) is 5.84. The van der Waals surface area contributed by atoms with Crippen LogP contribution in [0.2, 0.25) is 0 Å². The highest BCUT2D eigenvalue weighted by Gasteiger charge is 2.36. The molecule has 1 aromatic rings. The van der Waals surface area contributed by atoms with Crippen LogP contribution in [-0.2, 0) is 14.3 Å². The molecule has 2 rings (SSSR count). The number of aliphatic hydroxyl groups is 1. The van der Waals surface area contributed by atoms with Gasteiger partial charge in [-0.25, -0.2) is 4.79 Å². The van der Waals surface area contributed by atoms with Gasteiger partial charge in [0, 0.05) is 29.5 Å². The van der Waals surface area contributed by atoms with Crippen molar-refractivity contribution < 1.29 is 24.5 Å². The highest BCUT2D eigenvalue weighted by Crippen LogP contribution is 2.30. The molecule has 4 atom stereocenters. The highest BCUT2D eigenvalue weighted by molar-refractivity contribution is 5.66. The Morgan fingerprint density at radius 1 is 1.62 bits per heavy atom. The van der Waals surface area contributed by atoms with E-state index < -0.39 is 41.9 Å². The predicted octanol–water partition coefficient (Wildman–Crippen LogP) is 0.0112. The van der Waals surface area contributed by atoms with Crippen LogP contribution in [-0.4, -0.2) is 50.8 Å². The van der Waals surface area contributed by atoms with E-state index in [1.165, 1.54) is 17.7 Å². The van der Waals surface area contributed by atoms with Crippen molar-refractivity contribution in [2.45, 2.75) is 50.8 Å². The van der Waals surface area contributed by atoms with Gasteiger partial charge in [0.25, 0.3) is 5.56 Å². The Hall–Kier alpha value is -2.66. The molecule has 0 amide bonds. The number of aliphatic carboxylic acids is 1. The lowest BCUT2D eigenvalue weighted by molar-refractivity contribution is -0.149. The van der Waals surface area contributed by atoms with Gasteiger partial charge in [0.15, 0.2) is 6.29 Å². The van der Waals surface area contributed by atoms with E-state index in [1.807, 2.05) is 0 Å². The summed E-state index contributed by atoms with van der Waals surface area (Å²) in [7, 11) is 0. The molecule has 26 heavy (non-hydrogen) atoms. The second-order valence-corrected chi connectivity index (χ2v) is 5.84. The average Bonchev–Trinajstić information content (AvgIpc) is 2.97. The Labute approximate surface area is 146 Å². The van der Waals surface area contributed by atoms with Crippen molar-refractivity contribution in [1.29, 1.82) is 0 Å². The minimum absolute atomic E-state index is 0.101. The van der Waals surface area contributed by atoms with Crippen LogP contribution in [0.3, 0.4) is 0 Å². The lowest BCUT2D eigenvalue weighted by atomic mass is 10.1. The number of rotatable bonds is 8. The molecule has 1 aliphatic heterocycles. The van der Waals surface area contributed by atoms with E-state index in [2.05, 4.69) is 15.0 Å². The van der Waals surface area contributed by atoms with Gasteiger partial charge >= 0.3 is 11.7 Å². The van der Waals surface area contributed by atoms with Crippen LogP contribution in [0.5, 0.6) is 0 Å². The first-order chi connectivity index (χ1) is 12.3. The number of aromatic amines is 1. The van der Waals surface area contributed by atoms with Gasteiger partial charge in [0.05, 0.1) is 25.2 Å². The Bertz CT molecular complexity index is 813. The van der Waals surface area contributed by atoms with Gasteiger partial charge in [-0.1, -0.05) is 5.11 Å². The van der Waals surface area contributed by atoms with Gasteiger partial charge < -0.3 is 19.7 Å². The molecule has 0 aliphatic carbocycles. The molecular weight excluding hydrogens is 350 g/mol. The molecule has 0 aromatic carbocycles. The van der Waals surface area contributed by atoms with Crippen molar-refractivity contribution in [3.05, 3.63) is 43.0 Å². The number of aryl methyl sites for hydroxylation is 1. The van der Waals surface area contributed by atoms with Gasteiger partial charge in [0.1, 0.15) is 6.23 Å². The Balaban J connectivity index is 2.07. The van der Waals surface area contributed by atoms with Crippen LogP contribution >= 0.6 is 0 Å². The molecule has 12 heteroatoms. The number of aliphatic hydroxyl groups excluding tert-OH is 1. The van der Waals surface area contributed by atoms with Crippen LogP contribution in [0.25, 0.3) is 10.4 Å². The maximum Gasteiger partial charge on any atom is 0.330 e. The summed E-state index contributed by atoms with van der Waals surface area (Å²) in [6, 6.07) is -0.657. The number of hydrogen-bond donors (Lipinski definition) is 3. The van der Waals surface area contributed by atoms with E-state index in [0.717, 1.165) is 0 Å². The molecule has 0 spiro atoms. The molecule has 1 aliphatic rings. The average molecular weight is 369 g/mol. The van der Waals surface area contributed by atoms with Gasteiger partial charge in [-0.3, -0.25) is 19.1 Å². The van der Waals surface area contributed by atoms with Crippen molar-refractivity contribution >= 4 is 5.97 Å². The standard InChI is InChI=1S/C14H19N5O7/c1-7-5-19(14(24)16-13(7)23)10-4-8(17-18-15)9(26-10)6-25-12(22)3-2-11(20)21/h5,8-10,12,22H,2-4,6H2,1H3,(H,20,21)(H,16,23,24). The zero-order chi connectivity index (χ0) is 19.3. The third-order valence-electron chi connectivity index (χ3n) is 3.92. The predicted molar refractivity (Wildman–Crippen MR) is 86.3 cm³/mol. The monoisotopic (exact) mass is 369 g/mol. The number of carboxylic acids is 1. The van der Waals surface area contributed by atoms with Crippen molar-refractivity contribution in [3.63, 3.8) is 0 Å². The summed E-state index contributed by atoms with van der Waals surface area (Å²) < 4.78 is 12.0. The lowest BCUT2D eigenvalue weighted by Gasteiger charge is -2.18. The Morgan fingerprint density at radius 2 is 2.35 bits per heavy atom. The van der Waals surface area contributed by atoms with Crippen molar-refractivity contribution in [3.8, 4) is 0 Å². The van der Waals surface area contributed by atoms with E-state index in [9.17, 15) is 19.5 Å². The number of nitrogens with one attached hydrogen (secondary N) is 1. The lowest BCUT2D eigenvalue weighted by Crippen LogP contribution is -2.33. The molecular formula is C14H19N5O7. The van der Waals surface area contributed by atoms with Crippen LogP contribution in [0.15, 0.2) is 20.9 Å². The summed E-state index contributed by atoms with van der Waals surface area (Å²) >= 11 is 0. The Kier molecular flexibility index (Phi) is 6.52. The number of aromatic nitrogens is 2. The number of nitrogens with zero attached hydrogens (tertiary/aromatic N) is 4. The summed E-state index contributed by atoms with van der Waals surface area (Å²) in [5.74, 6) is -1.07. The van der Waals surface area contributed by atoms with E-state index in [0.29, 0.717) is 5.56 Å². The Morgan fingerprint density at radius 3 is 3.00 bits per heavy atom. The van der Waals surface area contributed by atoms with E-state index in [-0.39, 0.29) is 25.9 Å². The number of carboxylic acid groups (broad SMARTS) is 1. The topological polar surface area (TPSA) is 180 Å². The number of ether oxygens (including phenoxy) is 2. The molecule has 3 N–H and O–H groups in total. The minimum atomic E-state index is -1.31. The van der Waals surface area contributed by atoms with E-state index in [4.69, 9.17) is 20.1 Å². The van der Waals surface area contributed by atoms with Crippen molar-refractivity contribution in [2.24, 2.45) is 5.11 Å². The van der Waals surface area contributed by atoms with Gasteiger partial charge in [-0.2, -0.15) is 0 Å². The normalized spacial score (nSPS) is 23.4. The van der Waals surface area contributed by atoms with Crippen molar-refractivity contribution in [2.75, 3.05) is 6.61 Å². The van der Waals surface area contributed by atoms with E-state index in [1.54, 1.807) is 0 Å². The van der Waals surface area contributed by atoms with E-state index >= 15 is 0 Å². The first-order valence-corrected chi connectivity index (χ1v) is 7.85. The van der Waals surface area contributed by atoms with Crippen LogP contribution in [0.4, 0.5) is 0 Å². The summed E-state index contributed by atoms with van der Waals surface area (Å²) in [5.41, 5.74) is 7.85. The third kappa shape index (κ3) is 4.92. The fraction of sp³-hybridized carbons (Fsp3) is 0.643. The quantitative estimate of drug-likeness (QED) is 0.250. The summed E-state index contributed by atoms with van der Waals surface area (Å²) in [6.45, 7) is 1.38. The summed E-state index contributed by atoms with van der Waals surface area (Å²) in [4.78, 5) is 38.8. The molecule has 142 valence electrons. The van der Waals surface area contributed by atoms with Gasteiger partial charge in [-0.05, 0) is 12.5 Å². The fourth-order valence-electron chi connectivity index (χ4n) is 2.56. The molecule has 0 radical (unpaired) electrons. The molecule has 1 saturated heterocycles. The van der Waals surface area contributed by atoms with Gasteiger partial charge in [0.2, 0.25) is 0 Å². The highest BCUT2D eigenvalue weighted by atomic mass is 16.6. The maximum absolute atomic E-state index is 12.0. The molecule has 4 unspecified atom stereocenters. The van der Waals surface area contributed by atoms with Crippen LogP contribution < -0.4 is 11.2 Å². The number of carbonyl (C=O) groups is 1. The number of H-pyrrole nitrogens is 1. The molecule has 12 nitrogen and oxygen atoms in total. The largest absolute Gasteiger partial charge is 0.481 e.